The Morgan fingerprint density at radius 1 is 1.47 bits per heavy atom. The first-order chi connectivity index (χ1) is 7.06. The quantitative estimate of drug-likeness (QED) is 0.682. The van der Waals surface area contributed by atoms with Crippen LogP contribution in [0.5, 0.6) is 0 Å². The SMILES string of the molecule is CCc1ccc(C(S)C(N)C(=O)O)cc1. The summed E-state index contributed by atoms with van der Waals surface area (Å²) in [5.74, 6) is -1.03. The van der Waals surface area contributed by atoms with Crippen molar-refractivity contribution in [3.05, 3.63) is 35.4 Å². The molecule has 0 aliphatic rings. The maximum absolute atomic E-state index is 10.7. The Bertz CT molecular complexity index is 337. The van der Waals surface area contributed by atoms with E-state index in [1.807, 2.05) is 24.3 Å². The van der Waals surface area contributed by atoms with Gasteiger partial charge in [0.05, 0.1) is 5.25 Å². The molecule has 1 rings (SSSR count). The molecule has 0 saturated carbocycles. The molecule has 0 aromatic heterocycles. The number of carbonyl (C=O) groups is 1. The Labute approximate surface area is 94.7 Å². The molecule has 0 fully saturated rings. The Morgan fingerprint density at radius 3 is 2.40 bits per heavy atom. The summed E-state index contributed by atoms with van der Waals surface area (Å²) in [7, 11) is 0. The summed E-state index contributed by atoms with van der Waals surface area (Å²) >= 11 is 4.21. The third kappa shape index (κ3) is 2.97. The second-order valence-corrected chi connectivity index (χ2v) is 3.96. The van der Waals surface area contributed by atoms with Crippen LogP contribution < -0.4 is 5.73 Å². The van der Waals surface area contributed by atoms with Crippen molar-refractivity contribution in [3.63, 3.8) is 0 Å². The monoisotopic (exact) mass is 225 g/mol. The summed E-state index contributed by atoms with van der Waals surface area (Å²) in [5.41, 5.74) is 7.54. The minimum atomic E-state index is -1.03. The van der Waals surface area contributed by atoms with Crippen LogP contribution in [0.25, 0.3) is 0 Å². The van der Waals surface area contributed by atoms with Crippen LogP contribution in [0.2, 0.25) is 0 Å². The minimum Gasteiger partial charge on any atom is -0.480 e. The first-order valence-electron chi connectivity index (χ1n) is 4.81. The molecule has 0 aliphatic heterocycles. The number of nitrogens with two attached hydrogens (primary N) is 1. The number of hydrogen-bond donors (Lipinski definition) is 3. The van der Waals surface area contributed by atoms with Gasteiger partial charge in [-0.1, -0.05) is 31.2 Å². The summed E-state index contributed by atoms with van der Waals surface area (Å²) in [6, 6.07) is 6.71. The van der Waals surface area contributed by atoms with Gasteiger partial charge in [-0.15, -0.1) is 0 Å². The lowest BCUT2D eigenvalue weighted by Gasteiger charge is -2.15. The molecule has 82 valence electrons. The zero-order valence-corrected chi connectivity index (χ0v) is 9.45. The highest BCUT2D eigenvalue weighted by molar-refractivity contribution is 7.80. The third-order valence-corrected chi connectivity index (χ3v) is 2.97. The summed E-state index contributed by atoms with van der Waals surface area (Å²) in [5, 5.41) is 8.28. The molecule has 0 bridgehead atoms. The number of hydrogen-bond acceptors (Lipinski definition) is 3. The van der Waals surface area contributed by atoms with E-state index in [0.717, 1.165) is 12.0 Å². The molecule has 3 nitrogen and oxygen atoms in total. The van der Waals surface area contributed by atoms with Crippen molar-refractivity contribution < 1.29 is 9.90 Å². The number of thiol groups is 1. The van der Waals surface area contributed by atoms with Crippen molar-refractivity contribution >= 4 is 18.6 Å². The largest absolute Gasteiger partial charge is 0.480 e. The topological polar surface area (TPSA) is 63.3 Å². The maximum Gasteiger partial charge on any atom is 0.321 e. The average Bonchev–Trinajstić information content (AvgIpc) is 2.27. The summed E-state index contributed by atoms with van der Waals surface area (Å²) in [6.07, 6.45) is 0.961. The molecule has 0 heterocycles. The Balaban J connectivity index is 2.82. The second kappa shape index (κ2) is 5.19. The van der Waals surface area contributed by atoms with Gasteiger partial charge in [0.2, 0.25) is 0 Å². The molecular weight excluding hydrogens is 210 g/mol. The molecule has 2 atom stereocenters. The van der Waals surface area contributed by atoms with Crippen molar-refractivity contribution in [3.8, 4) is 0 Å². The summed E-state index contributed by atoms with van der Waals surface area (Å²) < 4.78 is 0. The first kappa shape index (κ1) is 12.1. The van der Waals surface area contributed by atoms with Crippen molar-refractivity contribution in [1.29, 1.82) is 0 Å². The molecular formula is C11H15NO2S. The Morgan fingerprint density at radius 2 is 2.00 bits per heavy atom. The molecule has 0 aliphatic carbocycles. The lowest BCUT2D eigenvalue weighted by atomic mass is 10.0. The van der Waals surface area contributed by atoms with Gasteiger partial charge >= 0.3 is 5.97 Å². The van der Waals surface area contributed by atoms with Crippen LogP contribution in [0.3, 0.4) is 0 Å². The number of aliphatic carboxylic acids is 1. The zero-order valence-electron chi connectivity index (χ0n) is 8.55. The average molecular weight is 225 g/mol. The highest BCUT2D eigenvalue weighted by Gasteiger charge is 2.22. The van der Waals surface area contributed by atoms with Gasteiger partial charge in [-0.05, 0) is 17.5 Å². The normalized spacial score (nSPS) is 14.6. The fourth-order valence-electron chi connectivity index (χ4n) is 1.29. The van der Waals surface area contributed by atoms with E-state index in [9.17, 15) is 4.79 Å². The highest BCUT2D eigenvalue weighted by Crippen LogP contribution is 2.23. The number of carboxylic acids is 1. The smallest absolute Gasteiger partial charge is 0.321 e. The first-order valence-corrected chi connectivity index (χ1v) is 5.33. The van der Waals surface area contributed by atoms with Gasteiger partial charge in [0.15, 0.2) is 0 Å². The molecule has 0 radical (unpaired) electrons. The molecule has 0 amide bonds. The van der Waals surface area contributed by atoms with Gasteiger partial charge in [0.1, 0.15) is 6.04 Å². The van der Waals surface area contributed by atoms with Gasteiger partial charge in [-0.25, -0.2) is 0 Å². The van der Waals surface area contributed by atoms with Gasteiger partial charge in [-0.2, -0.15) is 12.6 Å². The van der Waals surface area contributed by atoms with Crippen molar-refractivity contribution in [2.45, 2.75) is 24.6 Å². The lowest BCUT2D eigenvalue weighted by molar-refractivity contribution is -0.138. The van der Waals surface area contributed by atoms with E-state index in [0.29, 0.717) is 0 Å². The molecule has 0 saturated heterocycles. The van der Waals surface area contributed by atoms with Gasteiger partial charge < -0.3 is 10.8 Å². The number of rotatable bonds is 4. The van der Waals surface area contributed by atoms with Gasteiger partial charge in [0, 0.05) is 0 Å². The van der Waals surface area contributed by atoms with Crippen LogP contribution in [-0.2, 0) is 11.2 Å². The predicted molar refractivity (Wildman–Crippen MR) is 63.2 cm³/mol. The fraction of sp³-hybridized carbons (Fsp3) is 0.364. The second-order valence-electron chi connectivity index (χ2n) is 3.40. The number of benzene rings is 1. The number of aryl methyl sites for hydroxylation is 1. The van der Waals surface area contributed by atoms with Crippen LogP contribution in [-0.4, -0.2) is 17.1 Å². The minimum absolute atomic E-state index is 0.464. The molecule has 0 spiro atoms. The van der Waals surface area contributed by atoms with E-state index in [1.165, 1.54) is 5.56 Å². The number of carboxylic acid groups (broad SMARTS) is 1. The lowest BCUT2D eigenvalue weighted by Crippen LogP contribution is -2.34. The van der Waals surface area contributed by atoms with E-state index >= 15 is 0 Å². The molecule has 15 heavy (non-hydrogen) atoms. The zero-order chi connectivity index (χ0) is 11.4. The molecule has 4 heteroatoms. The standard InChI is InChI=1S/C11H15NO2S/c1-2-7-3-5-8(6-4-7)10(15)9(12)11(13)14/h3-6,9-10,15H,2,12H2,1H3,(H,13,14). The van der Waals surface area contributed by atoms with Crippen LogP contribution >= 0.6 is 12.6 Å². The summed E-state index contributed by atoms with van der Waals surface area (Å²) in [4.78, 5) is 10.7. The fourth-order valence-corrected chi connectivity index (χ4v) is 1.59. The van der Waals surface area contributed by atoms with E-state index in [1.54, 1.807) is 0 Å². The predicted octanol–water partition coefficient (Wildman–Crippen LogP) is 1.63. The van der Waals surface area contributed by atoms with E-state index in [-0.39, 0.29) is 0 Å². The van der Waals surface area contributed by atoms with E-state index < -0.39 is 17.3 Å². The van der Waals surface area contributed by atoms with E-state index in [2.05, 4.69) is 19.6 Å². The van der Waals surface area contributed by atoms with Crippen molar-refractivity contribution in [2.75, 3.05) is 0 Å². The molecule has 1 aromatic carbocycles. The van der Waals surface area contributed by atoms with E-state index in [4.69, 9.17) is 10.8 Å². The van der Waals surface area contributed by atoms with Crippen LogP contribution in [0.1, 0.15) is 23.3 Å². The van der Waals surface area contributed by atoms with Crippen LogP contribution in [0.4, 0.5) is 0 Å². The highest BCUT2D eigenvalue weighted by atomic mass is 32.1. The maximum atomic E-state index is 10.7. The van der Waals surface area contributed by atoms with Gasteiger partial charge in [-0.3, -0.25) is 4.79 Å². The van der Waals surface area contributed by atoms with Crippen molar-refractivity contribution in [1.82, 2.24) is 0 Å². The van der Waals surface area contributed by atoms with Crippen molar-refractivity contribution in [2.24, 2.45) is 5.73 Å². The summed E-state index contributed by atoms with van der Waals surface area (Å²) in [6.45, 7) is 2.07. The Hall–Kier alpha value is -1.00. The Kier molecular flexibility index (Phi) is 4.17. The van der Waals surface area contributed by atoms with Crippen LogP contribution in [0, 0.1) is 0 Å². The van der Waals surface area contributed by atoms with Gasteiger partial charge in [0.25, 0.3) is 0 Å². The molecule has 3 N–H and O–H groups in total. The molecule has 1 aromatic rings. The third-order valence-electron chi connectivity index (χ3n) is 2.35. The molecule has 2 unspecified atom stereocenters. The van der Waals surface area contributed by atoms with Crippen LogP contribution in [0.15, 0.2) is 24.3 Å².